The Morgan fingerprint density at radius 3 is 1.04 bits per heavy atom. The van der Waals surface area contributed by atoms with Gasteiger partial charge in [-0.2, -0.15) is 0 Å². The Morgan fingerprint density at radius 2 is 0.676 bits per heavy atom. The fourth-order valence-corrected chi connectivity index (χ4v) is 9.73. The first-order chi connectivity index (χ1) is 35.0. The molecule has 0 radical (unpaired) electrons. The lowest BCUT2D eigenvalue weighted by atomic mass is 10.0. The molecule has 2 unspecified atom stereocenters. The minimum Gasteiger partial charge on any atom is -0.466 e. The van der Waals surface area contributed by atoms with Crippen LogP contribution in [0, 0.1) is 0 Å². The molecule has 0 bridgehead atoms. The molecule has 0 aliphatic carbocycles. The monoisotopic (exact) mass is 998 g/mol. The van der Waals surface area contributed by atoms with Crippen LogP contribution in [0.5, 0.6) is 0 Å². The molecule has 0 aliphatic heterocycles. The van der Waals surface area contributed by atoms with Gasteiger partial charge >= 0.3 is 5.97 Å². The van der Waals surface area contributed by atoms with Crippen LogP contribution in [0.2, 0.25) is 0 Å². The summed E-state index contributed by atoms with van der Waals surface area (Å²) < 4.78 is 5.45. The number of hydrogen-bond acceptors (Lipinski definition) is 5. The number of carbonyl (C=O) groups excluding carboxylic acids is 2. The molecule has 0 heterocycles. The molecular formula is C65H123NO5. The van der Waals surface area contributed by atoms with Crippen LogP contribution < -0.4 is 5.32 Å². The molecule has 1 amide bonds. The minimum absolute atomic E-state index is 0.00771. The number of ether oxygens (including phenoxy) is 1. The first kappa shape index (κ1) is 69.1. The van der Waals surface area contributed by atoms with Gasteiger partial charge in [0.05, 0.1) is 25.4 Å². The van der Waals surface area contributed by atoms with Gasteiger partial charge in [-0.1, -0.05) is 288 Å². The molecule has 0 aromatic carbocycles. The van der Waals surface area contributed by atoms with Crippen molar-refractivity contribution in [3.63, 3.8) is 0 Å². The maximum atomic E-state index is 12.5. The fraction of sp³-hybridized carbons (Fsp3) is 0.877. The molecule has 0 fully saturated rings. The Kier molecular flexibility index (Phi) is 59.0. The third-order valence-corrected chi connectivity index (χ3v) is 14.6. The smallest absolute Gasteiger partial charge is 0.305 e. The lowest BCUT2D eigenvalue weighted by Crippen LogP contribution is -2.45. The fourth-order valence-electron chi connectivity index (χ4n) is 9.73. The Bertz CT molecular complexity index is 1150. The summed E-state index contributed by atoms with van der Waals surface area (Å²) in [6.45, 7) is 4.87. The van der Waals surface area contributed by atoms with E-state index in [2.05, 4.69) is 43.5 Å². The van der Waals surface area contributed by atoms with Gasteiger partial charge in [0, 0.05) is 12.8 Å². The van der Waals surface area contributed by atoms with Crippen molar-refractivity contribution in [2.75, 3.05) is 13.2 Å². The van der Waals surface area contributed by atoms with Gasteiger partial charge in [0.25, 0.3) is 0 Å². The van der Waals surface area contributed by atoms with Crippen molar-refractivity contribution in [3.8, 4) is 0 Å². The molecule has 0 rings (SSSR count). The van der Waals surface area contributed by atoms with E-state index in [0.29, 0.717) is 19.4 Å². The molecule has 0 spiro atoms. The highest BCUT2D eigenvalue weighted by Crippen LogP contribution is 2.17. The third-order valence-electron chi connectivity index (χ3n) is 14.6. The Labute approximate surface area is 443 Å². The normalized spacial score (nSPS) is 12.8. The highest BCUT2D eigenvalue weighted by molar-refractivity contribution is 5.76. The average molecular weight is 999 g/mol. The Morgan fingerprint density at radius 1 is 0.380 bits per heavy atom. The number of aliphatic hydroxyl groups is 2. The predicted molar refractivity (Wildman–Crippen MR) is 310 cm³/mol. The second-order valence-electron chi connectivity index (χ2n) is 21.7. The van der Waals surface area contributed by atoms with Crippen molar-refractivity contribution >= 4 is 11.9 Å². The van der Waals surface area contributed by atoms with Crippen molar-refractivity contribution in [1.82, 2.24) is 5.32 Å². The summed E-state index contributed by atoms with van der Waals surface area (Å²) in [6.07, 6.45) is 76.2. The highest BCUT2D eigenvalue weighted by atomic mass is 16.5. The highest BCUT2D eigenvalue weighted by Gasteiger charge is 2.18. The summed E-state index contributed by atoms with van der Waals surface area (Å²) in [6, 6.07) is -0.637. The summed E-state index contributed by atoms with van der Waals surface area (Å²) in [4.78, 5) is 24.5. The van der Waals surface area contributed by atoms with Crippen LogP contribution in [0.25, 0.3) is 0 Å². The third kappa shape index (κ3) is 57.2. The standard InChI is InChI=1S/C65H123NO5/c1-3-5-7-9-11-13-15-16-17-18-19-20-21-22-23-25-28-31-34-38-41-45-49-53-57-63(68)62(61-67)66-64(69)58-54-50-46-42-39-35-32-29-26-24-27-30-33-36-40-44-48-52-56-60-71-65(70)59-55-51-47-43-37-14-12-10-8-6-4-2/h10,12,24,26,53,57,62-63,67-68H,3-9,11,13-23,25,27-52,54-56,58-61H2,1-2H3,(H,66,69)/b12-10-,26-24-,57-53+. The van der Waals surface area contributed by atoms with Crippen LogP contribution >= 0.6 is 0 Å². The van der Waals surface area contributed by atoms with E-state index in [1.54, 1.807) is 6.08 Å². The number of amides is 1. The SMILES string of the molecule is CCCC/C=C\CCCCCCCC(=O)OCCCCCCCCCC/C=C\CCCCCCCCCC(=O)NC(CO)C(O)/C=C/CCCCCCCCCCCCCCCCCCCCCCCC. The van der Waals surface area contributed by atoms with Crippen LogP contribution in [-0.4, -0.2) is 47.4 Å². The Balaban J connectivity index is 3.48. The van der Waals surface area contributed by atoms with Gasteiger partial charge in [0.1, 0.15) is 0 Å². The zero-order valence-corrected chi connectivity index (χ0v) is 47.7. The van der Waals surface area contributed by atoms with E-state index < -0.39 is 12.1 Å². The first-order valence-electron chi connectivity index (χ1n) is 31.8. The van der Waals surface area contributed by atoms with Gasteiger partial charge in [-0.15, -0.1) is 0 Å². The number of rotatable bonds is 59. The number of allylic oxidation sites excluding steroid dienone is 5. The molecule has 0 aromatic rings. The van der Waals surface area contributed by atoms with Gasteiger partial charge in [-0.25, -0.2) is 0 Å². The topological polar surface area (TPSA) is 95.9 Å². The van der Waals surface area contributed by atoms with Gasteiger partial charge in [-0.05, 0) is 77.0 Å². The van der Waals surface area contributed by atoms with E-state index >= 15 is 0 Å². The van der Waals surface area contributed by atoms with Gasteiger partial charge in [0.15, 0.2) is 0 Å². The molecule has 0 saturated heterocycles. The molecule has 418 valence electrons. The van der Waals surface area contributed by atoms with E-state index in [9.17, 15) is 19.8 Å². The molecule has 0 saturated carbocycles. The van der Waals surface area contributed by atoms with E-state index in [1.807, 2.05) is 6.08 Å². The quantitative estimate of drug-likeness (QED) is 0.0321. The number of hydrogen-bond donors (Lipinski definition) is 3. The van der Waals surface area contributed by atoms with Crippen LogP contribution in [0.1, 0.15) is 341 Å². The lowest BCUT2D eigenvalue weighted by molar-refractivity contribution is -0.143. The van der Waals surface area contributed by atoms with E-state index in [0.717, 1.165) is 51.4 Å². The summed E-state index contributed by atoms with van der Waals surface area (Å²) >= 11 is 0. The maximum absolute atomic E-state index is 12.5. The largest absolute Gasteiger partial charge is 0.466 e. The number of unbranched alkanes of at least 4 members (excludes halogenated alkanes) is 44. The summed E-state index contributed by atoms with van der Waals surface area (Å²) in [5.41, 5.74) is 0. The zero-order valence-electron chi connectivity index (χ0n) is 47.7. The number of carbonyl (C=O) groups is 2. The molecular weight excluding hydrogens is 875 g/mol. The summed E-state index contributed by atoms with van der Waals surface area (Å²) in [5.74, 6) is -0.0826. The van der Waals surface area contributed by atoms with Gasteiger partial charge in [0.2, 0.25) is 5.91 Å². The van der Waals surface area contributed by atoms with Crippen molar-refractivity contribution in [2.24, 2.45) is 0 Å². The molecule has 0 aromatic heterocycles. The molecule has 0 aliphatic rings. The Hall–Kier alpha value is -1.92. The van der Waals surface area contributed by atoms with Crippen LogP contribution in [0.15, 0.2) is 36.5 Å². The first-order valence-corrected chi connectivity index (χ1v) is 31.8. The number of aliphatic hydroxyl groups excluding tert-OH is 2. The second-order valence-corrected chi connectivity index (χ2v) is 21.7. The van der Waals surface area contributed by atoms with Gasteiger partial charge in [-0.3, -0.25) is 9.59 Å². The second kappa shape index (κ2) is 60.6. The van der Waals surface area contributed by atoms with Crippen LogP contribution in [0.3, 0.4) is 0 Å². The molecule has 71 heavy (non-hydrogen) atoms. The van der Waals surface area contributed by atoms with Crippen molar-refractivity contribution in [3.05, 3.63) is 36.5 Å². The summed E-state index contributed by atoms with van der Waals surface area (Å²) in [5, 5.41) is 23.2. The molecule has 2 atom stereocenters. The number of nitrogens with one attached hydrogen (secondary N) is 1. The van der Waals surface area contributed by atoms with Crippen molar-refractivity contribution in [2.45, 2.75) is 353 Å². The number of esters is 1. The van der Waals surface area contributed by atoms with Gasteiger partial charge < -0.3 is 20.3 Å². The predicted octanol–water partition coefficient (Wildman–Crippen LogP) is 20.0. The molecule has 6 nitrogen and oxygen atoms in total. The van der Waals surface area contributed by atoms with Crippen LogP contribution in [-0.2, 0) is 14.3 Å². The molecule has 3 N–H and O–H groups in total. The van der Waals surface area contributed by atoms with E-state index in [-0.39, 0.29) is 18.5 Å². The maximum Gasteiger partial charge on any atom is 0.305 e. The van der Waals surface area contributed by atoms with Crippen LogP contribution in [0.4, 0.5) is 0 Å². The van der Waals surface area contributed by atoms with Crippen molar-refractivity contribution < 1.29 is 24.5 Å². The summed E-state index contributed by atoms with van der Waals surface area (Å²) in [7, 11) is 0. The molecule has 6 heteroatoms. The average Bonchev–Trinajstić information content (AvgIpc) is 3.37. The van der Waals surface area contributed by atoms with E-state index in [4.69, 9.17) is 4.74 Å². The lowest BCUT2D eigenvalue weighted by Gasteiger charge is -2.20. The van der Waals surface area contributed by atoms with E-state index in [1.165, 1.54) is 263 Å². The van der Waals surface area contributed by atoms with Crippen molar-refractivity contribution in [1.29, 1.82) is 0 Å². The zero-order chi connectivity index (χ0) is 51.4. The minimum atomic E-state index is -0.852.